The van der Waals surface area contributed by atoms with Crippen LogP contribution < -0.4 is 5.32 Å². The number of hydrogen-bond acceptors (Lipinski definition) is 2. The van der Waals surface area contributed by atoms with E-state index in [-0.39, 0.29) is 0 Å². The molecule has 0 fully saturated rings. The molecular weight excluding hydrogens is 232 g/mol. The topological polar surface area (TPSA) is 15.3 Å². The third-order valence-electron chi connectivity index (χ3n) is 3.77. The van der Waals surface area contributed by atoms with Crippen molar-refractivity contribution in [1.82, 2.24) is 4.90 Å². The molecule has 0 radical (unpaired) electrons. The van der Waals surface area contributed by atoms with E-state index in [1.165, 1.54) is 16.8 Å². The molecule has 0 aromatic heterocycles. The Balaban J connectivity index is 1.63. The first-order valence-corrected chi connectivity index (χ1v) is 6.88. The summed E-state index contributed by atoms with van der Waals surface area (Å²) in [6.07, 6.45) is 0. The molecule has 1 aliphatic rings. The number of benzene rings is 2. The summed E-state index contributed by atoms with van der Waals surface area (Å²) in [5, 5.41) is 3.49. The molecule has 1 heterocycles. The molecule has 0 amide bonds. The zero-order valence-electron chi connectivity index (χ0n) is 11.3. The molecule has 0 aliphatic carbocycles. The Bertz CT molecular complexity index is 536. The Labute approximate surface area is 115 Å². The van der Waals surface area contributed by atoms with Gasteiger partial charge in [0.2, 0.25) is 0 Å². The third-order valence-corrected chi connectivity index (χ3v) is 3.77. The van der Waals surface area contributed by atoms with E-state index in [1.807, 2.05) is 0 Å². The number of likely N-dealkylation sites (N-methyl/N-ethyl adjacent to an activating group) is 1. The average molecular weight is 252 g/mol. The van der Waals surface area contributed by atoms with E-state index < -0.39 is 0 Å². The van der Waals surface area contributed by atoms with E-state index in [1.54, 1.807) is 0 Å². The van der Waals surface area contributed by atoms with Crippen LogP contribution in [0.4, 0.5) is 5.69 Å². The molecule has 2 heteroatoms. The second-order valence-electron chi connectivity index (χ2n) is 5.35. The summed E-state index contributed by atoms with van der Waals surface area (Å²) in [7, 11) is 2.20. The van der Waals surface area contributed by atoms with Gasteiger partial charge >= 0.3 is 0 Å². The van der Waals surface area contributed by atoms with Crippen LogP contribution in [0, 0.1) is 0 Å². The normalized spacial score (nSPS) is 17.3. The van der Waals surface area contributed by atoms with Crippen molar-refractivity contribution in [3.8, 4) is 0 Å². The molecule has 1 unspecified atom stereocenters. The first kappa shape index (κ1) is 12.2. The highest BCUT2D eigenvalue weighted by molar-refractivity contribution is 5.57. The second-order valence-corrected chi connectivity index (χ2v) is 5.35. The first-order chi connectivity index (χ1) is 9.33. The van der Waals surface area contributed by atoms with E-state index in [9.17, 15) is 0 Å². The highest BCUT2D eigenvalue weighted by atomic mass is 15.1. The summed E-state index contributed by atoms with van der Waals surface area (Å²) in [5.41, 5.74) is 4.15. The number of para-hydroxylation sites is 1. The lowest BCUT2D eigenvalue weighted by Gasteiger charge is -2.21. The number of nitrogens with one attached hydrogen (secondary N) is 1. The van der Waals surface area contributed by atoms with Crippen LogP contribution in [0.25, 0.3) is 0 Å². The van der Waals surface area contributed by atoms with Crippen molar-refractivity contribution in [3.63, 3.8) is 0 Å². The lowest BCUT2D eigenvalue weighted by molar-refractivity contribution is 0.309. The minimum Gasteiger partial charge on any atom is -0.384 e. The van der Waals surface area contributed by atoms with Crippen molar-refractivity contribution in [1.29, 1.82) is 0 Å². The van der Waals surface area contributed by atoms with Crippen molar-refractivity contribution in [3.05, 3.63) is 65.7 Å². The molecule has 2 aromatic carbocycles. The van der Waals surface area contributed by atoms with Crippen molar-refractivity contribution >= 4 is 5.69 Å². The zero-order valence-corrected chi connectivity index (χ0v) is 11.3. The Morgan fingerprint density at radius 1 is 1.05 bits per heavy atom. The van der Waals surface area contributed by atoms with Gasteiger partial charge in [-0.15, -0.1) is 0 Å². The van der Waals surface area contributed by atoms with E-state index in [4.69, 9.17) is 0 Å². The van der Waals surface area contributed by atoms with Crippen LogP contribution in [0.5, 0.6) is 0 Å². The van der Waals surface area contributed by atoms with Gasteiger partial charge in [-0.3, -0.25) is 0 Å². The fraction of sp³-hybridized carbons (Fsp3) is 0.294. The van der Waals surface area contributed by atoms with Crippen LogP contribution in [0.1, 0.15) is 17.0 Å². The molecular formula is C17H20N2. The average Bonchev–Trinajstić information content (AvgIpc) is 2.83. The Kier molecular flexibility index (Phi) is 3.51. The zero-order chi connectivity index (χ0) is 13.1. The van der Waals surface area contributed by atoms with Crippen molar-refractivity contribution in [2.45, 2.75) is 12.5 Å². The van der Waals surface area contributed by atoms with E-state index in [0.717, 1.165) is 19.6 Å². The SMILES string of the molecule is CN(Cc1ccccc1)CC1CNc2ccccc21. The lowest BCUT2D eigenvalue weighted by atomic mass is 10.0. The monoisotopic (exact) mass is 252 g/mol. The summed E-state index contributed by atoms with van der Waals surface area (Å²) in [5.74, 6) is 0.602. The Morgan fingerprint density at radius 2 is 1.79 bits per heavy atom. The maximum atomic E-state index is 3.49. The van der Waals surface area contributed by atoms with Gasteiger partial charge in [-0.2, -0.15) is 0 Å². The molecule has 2 nitrogen and oxygen atoms in total. The van der Waals surface area contributed by atoms with Crippen molar-refractivity contribution in [2.75, 3.05) is 25.5 Å². The summed E-state index contributed by atoms with van der Waals surface area (Å²) in [6.45, 7) is 3.16. The maximum Gasteiger partial charge on any atom is 0.0376 e. The van der Waals surface area contributed by atoms with Gasteiger partial charge in [-0.05, 0) is 24.2 Å². The van der Waals surface area contributed by atoms with Crippen molar-refractivity contribution < 1.29 is 0 Å². The molecule has 0 bridgehead atoms. The largest absolute Gasteiger partial charge is 0.384 e. The minimum absolute atomic E-state index is 0.602. The molecule has 0 saturated heterocycles. The Hall–Kier alpha value is -1.80. The molecule has 98 valence electrons. The van der Waals surface area contributed by atoms with Crippen LogP contribution in [0.3, 0.4) is 0 Å². The number of nitrogens with zero attached hydrogens (tertiary/aromatic N) is 1. The molecule has 1 atom stereocenters. The molecule has 19 heavy (non-hydrogen) atoms. The lowest BCUT2D eigenvalue weighted by Crippen LogP contribution is -2.25. The van der Waals surface area contributed by atoms with Crippen LogP contribution in [-0.4, -0.2) is 25.0 Å². The Morgan fingerprint density at radius 3 is 2.63 bits per heavy atom. The molecule has 1 N–H and O–H groups in total. The second kappa shape index (κ2) is 5.45. The predicted octanol–water partition coefficient (Wildman–Crippen LogP) is 3.33. The summed E-state index contributed by atoms with van der Waals surface area (Å²) >= 11 is 0. The minimum atomic E-state index is 0.602. The van der Waals surface area contributed by atoms with Gasteiger partial charge < -0.3 is 10.2 Å². The summed E-state index contributed by atoms with van der Waals surface area (Å²) in [6, 6.07) is 19.3. The molecule has 0 saturated carbocycles. The maximum absolute atomic E-state index is 3.49. The third kappa shape index (κ3) is 2.79. The fourth-order valence-electron chi connectivity index (χ4n) is 2.86. The molecule has 2 aromatic rings. The highest BCUT2D eigenvalue weighted by Gasteiger charge is 2.22. The number of hydrogen-bond donors (Lipinski definition) is 1. The van der Waals surface area contributed by atoms with Gasteiger partial charge in [-0.25, -0.2) is 0 Å². The number of anilines is 1. The van der Waals surface area contributed by atoms with E-state index in [0.29, 0.717) is 5.92 Å². The first-order valence-electron chi connectivity index (χ1n) is 6.88. The van der Waals surface area contributed by atoms with Crippen LogP contribution in [0.15, 0.2) is 54.6 Å². The number of rotatable bonds is 4. The van der Waals surface area contributed by atoms with Gasteiger partial charge in [0.15, 0.2) is 0 Å². The van der Waals surface area contributed by atoms with Crippen LogP contribution in [-0.2, 0) is 6.54 Å². The van der Waals surface area contributed by atoms with Gasteiger partial charge in [-0.1, -0.05) is 48.5 Å². The molecule has 0 spiro atoms. The highest BCUT2D eigenvalue weighted by Crippen LogP contribution is 2.31. The van der Waals surface area contributed by atoms with Crippen LogP contribution >= 0.6 is 0 Å². The van der Waals surface area contributed by atoms with Gasteiger partial charge in [0.05, 0.1) is 0 Å². The summed E-state index contributed by atoms with van der Waals surface area (Å²) in [4.78, 5) is 2.41. The van der Waals surface area contributed by atoms with Gasteiger partial charge in [0, 0.05) is 31.2 Å². The van der Waals surface area contributed by atoms with Gasteiger partial charge in [0.25, 0.3) is 0 Å². The smallest absolute Gasteiger partial charge is 0.0376 e. The van der Waals surface area contributed by atoms with E-state index in [2.05, 4.69) is 71.9 Å². The van der Waals surface area contributed by atoms with E-state index >= 15 is 0 Å². The van der Waals surface area contributed by atoms with Crippen molar-refractivity contribution in [2.24, 2.45) is 0 Å². The summed E-state index contributed by atoms with van der Waals surface area (Å²) < 4.78 is 0. The quantitative estimate of drug-likeness (QED) is 0.898. The fourth-order valence-corrected chi connectivity index (χ4v) is 2.86. The molecule has 1 aliphatic heterocycles. The standard InChI is InChI=1S/C17H20N2/c1-19(12-14-7-3-2-4-8-14)13-15-11-18-17-10-6-5-9-16(15)17/h2-10,15,18H,11-13H2,1H3. The number of fused-ring (bicyclic) bond motifs is 1. The van der Waals surface area contributed by atoms with Gasteiger partial charge in [0.1, 0.15) is 0 Å². The predicted molar refractivity (Wildman–Crippen MR) is 80.4 cm³/mol. The molecule has 3 rings (SSSR count). The van der Waals surface area contributed by atoms with Crippen LogP contribution in [0.2, 0.25) is 0 Å².